The highest BCUT2D eigenvalue weighted by Gasteiger charge is 2.11. The lowest BCUT2D eigenvalue weighted by Crippen LogP contribution is -2.29. The van der Waals surface area contributed by atoms with E-state index in [1.807, 2.05) is 0 Å². The van der Waals surface area contributed by atoms with E-state index in [0.717, 1.165) is 13.1 Å². The second kappa shape index (κ2) is 6.58. The molecule has 20 heavy (non-hydrogen) atoms. The topological polar surface area (TPSA) is 29.3 Å². The Morgan fingerprint density at radius 1 is 0.900 bits per heavy atom. The first-order valence-electron chi connectivity index (χ1n) is 7.19. The van der Waals surface area contributed by atoms with Gasteiger partial charge in [-0.1, -0.05) is 36.4 Å². The van der Waals surface area contributed by atoms with E-state index < -0.39 is 0 Å². The lowest BCUT2D eigenvalue weighted by molar-refractivity contribution is 0.783. The number of hydrogen-bond donors (Lipinski definition) is 1. The molecule has 0 spiro atoms. The molecule has 0 aliphatic heterocycles. The zero-order chi connectivity index (χ0) is 14.5. The number of nitrogens with two attached hydrogens (primary N) is 1. The van der Waals surface area contributed by atoms with Crippen molar-refractivity contribution in [2.24, 2.45) is 5.73 Å². The Balaban J connectivity index is 2.32. The Hall–Kier alpha value is -1.80. The molecule has 106 valence electrons. The molecule has 0 bridgehead atoms. The van der Waals surface area contributed by atoms with Crippen LogP contribution in [-0.4, -0.2) is 13.1 Å². The van der Waals surface area contributed by atoms with Crippen molar-refractivity contribution in [1.82, 2.24) is 0 Å². The Labute approximate surface area is 122 Å². The van der Waals surface area contributed by atoms with Crippen molar-refractivity contribution in [2.75, 3.05) is 18.0 Å². The molecular formula is C18H24N2. The van der Waals surface area contributed by atoms with Crippen LogP contribution in [-0.2, 0) is 6.54 Å². The second-order valence-electron chi connectivity index (χ2n) is 5.36. The lowest BCUT2D eigenvalue weighted by Gasteiger charge is -2.27. The van der Waals surface area contributed by atoms with Gasteiger partial charge in [-0.05, 0) is 49.1 Å². The number of anilines is 1. The molecule has 2 aromatic carbocycles. The van der Waals surface area contributed by atoms with Crippen molar-refractivity contribution >= 4 is 5.69 Å². The molecular weight excluding hydrogens is 244 g/mol. The van der Waals surface area contributed by atoms with Gasteiger partial charge in [-0.2, -0.15) is 0 Å². The maximum Gasteiger partial charge on any atom is 0.0432 e. The van der Waals surface area contributed by atoms with Crippen molar-refractivity contribution in [3.63, 3.8) is 0 Å². The Bertz CT molecular complexity index is 575. The van der Waals surface area contributed by atoms with Crippen molar-refractivity contribution in [1.29, 1.82) is 0 Å². The van der Waals surface area contributed by atoms with E-state index in [4.69, 9.17) is 5.73 Å². The average Bonchev–Trinajstić information content (AvgIpc) is 2.44. The maximum absolute atomic E-state index is 5.80. The molecule has 2 N–H and O–H groups in total. The van der Waals surface area contributed by atoms with Gasteiger partial charge in [0.05, 0.1) is 0 Å². The fraction of sp³-hybridized carbons (Fsp3) is 0.333. The Morgan fingerprint density at radius 2 is 1.60 bits per heavy atom. The Kier molecular flexibility index (Phi) is 4.80. The van der Waals surface area contributed by atoms with E-state index in [9.17, 15) is 0 Å². The van der Waals surface area contributed by atoms with E-state index in [-0.39, 0.29) is 0 Å². The predicted molar refractivity (Wildman–Crippen MR) is 87.2 cm³/mol. The average molecular weight is 268 g/mol. The second-order valence-corrected chi connectivity index (χ2v) is 5.36. The van der Waals surface area contributed by atoms with E-state index >= 15 is 0 Å². The minimum Gasteiger partial charge on any atom is -0.366 e. The molecule has 0 atom stereocenters. The quantitative estimate of drug-likeness (QED) is 0.898. The van der Waals surface area contributed by atoms with Crippen LogP contribution in [0.4, 0.5) is 5.69 Å². The fourth-order valence-electron chi connectivity index (χ4n) is 2.51. The summed E-state index contributed by atoms with van der Waals surface area (Å²) in [7, 11) is 0. The molecule has 0 radical (unpaired) electrons. The van der Waals surface area contributed by atoms with Crippen molar-refractivity contribution in [3.8, 4) is 0 Å². The highest BCUT2D eigenvalue weighted by Crippen LogP contribution is 2.24. The summed E-state index contributed by atoms with van der Waals surface area (Å²) in [5.41, 5.74) is 12.5. The molecule has 2 nitrogen and oxygen atoms in total. The number of nitrogens with zero attached hydrogens (tertiary/aromatic N) is 1. The maximum atomic E-state index is 5.80. The van der Waals surface area contributed by atoms with Crippen LogP contribution < -0.4 is 10.6 Å². The van der Waals surface area contributed by atoms with Crippen LogP contribution in [0, 0.1) is 20.8 Å². The third kappa shape index (κ3) is 3.20. The first-order chi connectivity index (χ1) is 9.63. The number of aryl methyl sites for hydroxylation is 2. The largest absolute Gasteiger partial charge is 0.366 e. The monoisotopic (exact) mass is 268 g/mol. The molecule has 0 heterocycles. The van der Waals surface area contributed by atoms with Crippen LogP contribution >= 0.6 is 0 Å². The van der Waals surface area contributed by atoms with Gasteiger partial charge in [-0.3, -0.25) is 0 Å². The van der Waals surface area contributed by atoms with E-state index in [1.165, 1.54) is 27.9 Å². The molecule has 2 rings (SSSR count). The van der Waals surface area contributed by atoms with E-state index in [2.05, 4.69) is 68.1 Å². The van der Waals surface area contributed by atoms with Gasteiger partial charge in [0.25, 0.3) is 0 Å². The van der Waals surface area contributed by atoms with E-state index in [0.29, 0.717) is 6.54 Å². The molecule has 0 saturated heterocycles. The summed E-state index contributed by atoms with van der Waals surface area (Å²) in [6.07, 6.45) is 0. The third-order valence-corrected chi connectivity index (χ3v) is 3.94. The van der Waals surface area contributed by atoms with Crippen LogP contribution in [0.5, 0.6) is 0 Å². The molecule has 0 aromatic heterocycles. The first kappa shape index (κ1) is 14.6. The zero-order valence-electron chi connectivity index (χ0n) is 12.7. The number of hydrogen-bond acceptors (Lipinski definition) is 2. The minimum absolute atomic E-state index is 0.666. The molecule has 2 aromatic rings. The minimum atomic E-state index is 0.666. The van der Waals surface area contributed by atoms with Crippen molar-refractivity contribution in [3.05, 3.63) is 64.7 Å². The van der Waals surface area contributed by atoms with Crippen molar-refractivity contribution < 1.29 is 0 Å². The van der Waals surface area contributed by atoms with Crippen LogP contribution in [0.25, 0.3) is 0 Å². The van der Waals surface area contributed by atoms with Gasteiger partial charge in [0.15, 0.2) is 0 Å². The Morgan fingerprint density at radius 3 is 2.30 bits per heavy atom. The third-order valence-electron chi connectivity index (χ3n) is 3.94. The summed E-state index contributed by atoms with van der Waals surface area (Å²) in [4.78, 5) is 2.38. The molecule has 0 saturated carbocycles. The molecule has 0 aliphatic rings. The van der Waals surface area contributed by atoms with Crippen LogP contribution in [0.3, 0.4) is 0 Å². The highest BCUT2D eigenvalue weighted by atomic mass is 15.1. The predicted octanol–water partition coefficient (Wildman–Crippen LogP) is 3.58. The van der Waals surface area contributed by atoms with Gasteiger partial charge in [-0.25, -0.2) is 0 Å². The summed E-state index contributed by atoms with van der Waals surface area (Å²) in [6, 6.07) is 15.0. The summed E-state index contributed by atoms with van der Waals surface area (Å²) in [5.74, 6) is 0. The molecule has 2 heteroatoms. The van der Waals surface area contributed by atoms with E-state index in [1.54, 1.807) is 0 Å². The van der Waals surface area contributed by atoms with Gasteiger partial charge in [0.1, 0.15) is 0 Å². The summed E-state index contributed by atoms with van der Waals surface area (Å²) >= 11 is 0. The smallest absolute Gasteiger partial charge is 0.0432 e. The summed E-state index contributed by atoms with van der Waals surface area (Å²) in [6.45, 7) is 8.96. The van der Waals surface area contributed by atoms with Gasteiger partial charge < -0.3 is 10.6 Å². The van der Waals surface area contributed by atoms with Gasteiger partial charge in [0.2, 0.25) is 0 Å². The number of rotatable bonds is 5. The summed E-state index contributed by atoms with van der Waals surface area (Å²) in [5, 5.41) is 0. The van der Waals surface area contributed by atoms with Crippen LogP contribution in [0.2, 0.25) is 0 Å². The number of benzene rings is 2. The SMILES string of the molecule is Cc1ccccc1CN(CCN)c1cccc(C)c1C. The molecule has 0 fully saturated rings. The lowest BCUT2D eigenvalue weighted by atomic mass is 10.0. The van der Waals surface area contributed by atoms with Gasteiger partial charge in [0, 0.05) is 25.3 Å². The van der Waals surface area contributed by atoms with Crippen LogP contribution in [0.1, 0.15) is 22.3 Å². The molecule has 0 aliphatic carbocycles. The zero-order valence-corrected chi connectivity index (χ0v) is 12.7. The molecule has 0 amide bonds. The summed E-state index contributed by atoms with van der Waals surface area (Å²) < 4.78 is 0. The normalized spacial score (nSPS) is 10.6. The first-order valence-corrected chi connectivity index (χ1v) is 7.19. The van der Waals surface area contributed by atoms with Gasteiger partial charge in [-0.15, -0.1) is 0 Å². The fourth-order valence-corrected chi connectivity index (χ4v) is 2.51. The van der Waals surface area contributed by atoms with Gasteiger partial charge >= 0.3 is 0 Å². The molecule has 0 unspecified atom stereocenters. The van der Waals surface area contributed by atoms with Crippen molar-refractivity contribution in [2.45, 2.75) is 27.3 Å². The highest BCUT2D eigenvalue weighted by molar-refractivity contribution is 5.56. The standard InChI is InChI=1S/C18H24N2/c1-14-8-6-10-18(16(14)3)20(12-11-19)13-17-9-5-4-7-15(17)2/h4-10H,11-13,19H2,1-3H3. The van der Waals surface area contributed by atoms with Crippen LogP contribution in [0.15, 0.2) is 42.5 Å².